The highest BCUT2D eigenvalue weighted by Gasteiger charge is 2.33. The number of halogens is 5. The Labute approximate surface area is 177 Å². The third kappa shape index (κ3) is 5.66. The number of ether oxygens (including phenoxy) is 2. The molecule has 0 fully saturated rings. The summed E-state index contributed by atoms with van der Waals surface area (Å²) in [5.41, 5.74) is -5.20. The number of benzene rings is 1. The molecule has 0 aliphatic heterocycles. The van der Waals surface area contributed by atoms with Gasteiger partial charge in [0, 0.05) is 32.3 Å². The van der Waals surface area contributed by atoms with Crippen molar-refractivity contribution in [3.8, 4) is 11.4 Å². The minimum atomic E-state index is -4.98. The highest BCUT2D eigenvalue weighted by Crippen LogP contribution is 2.30. The van der Waals surface area contributed by atoms with Crippen LogP contribution in [0.2, 0.25) is 5.02 Å². The van der Waals surface area contributed by atoms with Crippen LogP contribution in [0, 0.1) is 5.82 Å². The summed E-state index contributed by atoms with van der Waals surface area (Å²) in [6.07, 6.45) is -3.85. The van der Waals surface area contributed by atoms with Crippen LogP contribution in [-0.2, 0) is 15.7 Å². The molecule has 0 saturated carbocycles. The number of aromatic amines is 1. The average Bonchev–Trinajstić information content (AvgIpc) is 2.65. The van der Waals surface area contributed by atoms with E-state index in [1.54, 1.807) is 0 Å². The number of nitrogens with one attached hydrogen (secondary N) is 1. The molecule has 0 atom stereocenters. The predicted octanol–water partition coefficient (Wildman–Crippen LogP) is 2.33. The summed E-state index contributed by atoms with van der Waals surface area (Å²) in [5, 5.41) is -0.257. The number of hydrogen-bond acceptors (Lipinski definition) is 5. The van der Waals surface area contributed by atoms with Gasteiger partial charge in [0.25, 0.3) is 5.56 Å². The van der Waals surface area contributed by atoms with Crippen molar-refractivity contribution in [3.63, 3.8) is 0 Å². The van der Waals surface area contributed by atoms with Crippen molar-refractivity contribution in [2.75, 3.05) is 27.8 Å². The first-order valence-corrected chi connectivity index (χ1v) is 8.74. The molecular weight excluding hydrogens is 450 g/mol. The number of nitrogens with zero attached hydrogens (tertiary/aromatic N) is 2. The van der Waals surface area contributed by atoms with Crippen molar-refractivity contribution in [3.05, 3.63) is 67.4 Å². The molecule has 1 aromatic carbocycles. The fourth-order valence-electron chi connectivity index (χ4n) is 2.25. The highest BCUT2D eigenvalue weighted by atomic mass is 35.5. The topological polar surface area (TPSA) is 93.6 Å². The maximum absolute atomic E-state index is 14.4. The Morgan fingerprint density at radius 3 is 2.42 bits per heavy atom. The Kier molecular flexibility index (Phi) is 7.16. The molecule has 13 heteroatoms. The van der Waals surface area contributed by atoms with Crippen molar-refractivity contribution in [1.82, 2.24) is 14.5 Å². The number of alkyl halides is 3. The number of aromatic nitrogens is 2. The molecule has 0 radical (unpaired) electrons. The van der Waals surface area contributed by atoms with E-state index in [9.17, 15) is 31.9 Å². The van der Waals surface area contributed by atoms with E-state index < -0.39 is 40.5 Å². The molecule has 0 aliphatic carbocycles. The van der Waals surface area contributed by atoms with E-state index in [4.69, 9.17) is 21.1 Å². The van der Waals surface area contributed by atoms with E-state index >= 15 is 0 Å². The number of carbonyl (C=O) groups is 1. The number of H-pyrrole nitrogens is 1. The van der Waals surface area contributed by atoms with E-state index in [-0.39, 0.29) is 33.8 Å². The lowest BCUT2D eigenvalue weighted by Crippen LogP contribution is -2.36. The second-order valence-corrected chi connectivity index (χ2v) is 6.64. The zero-order chi connectivity index (χ0) is 23.5. The number of rotatable bonds is 6. The van der Waals surface area contributed by atoms with E-state index in [2.05, 4.69) is 0 Å². The fraction of sp³-hybridized carbons (Fsp3) is 0.278. The van der Waals surface area contributed by atoms with Crippen molar-refractivity contribution in [2.45, 2.75) is 6.18 Å². The van der Waals surface area contributed by atoms with Crippen LogP contribution in [0.5, 0.6) is 5.75 Å². The van der Waals surface area contributed by atoms with Crippen LogP contribution in [0.15, 0.2) is 39.6 Å². The molecule has 168 valence electrons. The lowest BCUT2D eigenvalue weighted by molar-refractivity contribution is -0.141. The molecule has 0 saturated heterocycles. The van der Waals surface area contributed by atoms with Gasteiger partial charge in [0.15, 0.2) is 0 Å². The standard InChI is InChI=1S/C18H16ClF4N3O5/c1-25(2)15(27)4-9(30-3)8-31-13-6-12(11(20)5-10(13)19)26-16(28)7-14(18(21,22)23)24-17(26)29/h4-7H,8H2,1-3H3,(H,24,29)/b9-4-. The Morgan fingerprint density at radius 1 is 1.26 bits per heavy atom. The molecule has 1 amide bonds. The molecule has 2 rings (SSSR count). The Bertz CT molecular complexity index is 1110. The number of amides is 1. The molecule has 1 aromatic heterocycles. The number of likely N-dealkylation sites (N-methyl/N-ethyl adjacent to an activating group) is 1. The van der Waals surface area contributed by atoms with Crippen LogP contribution in [0.3, 0.4) is 0 Å². The minimum absolute atomic E-state index is 0.0742. The second kappa shape index (κ2) is 9.25. The van der Waals surface area contributed by atoms with Crippen molar-refractivity contribution in [2.24, 2.45) is 0 Å². The van der Waals surface area contributed by atoms with Gasteiger partial charge in [-0.15, -0.1) is 0 Å². The van der Waals surface area contributed by atoms with Gasteiger partial charge in [0.1, 0.15) is 29.6 Å². The lowest BCUT2D eigenvalue weighted by atomic mass is 10.2. The molecule has 0 spiro atoms. The quantitative estimate of drug-likeness (QED) is 0.401. The van der Waals surface area contributed by atoms with Gasteiger partial charge in [-0.2, -0.15) is 13.2 Å². The maximum Gasteiger partial charge on any atom is 0.431 e. The summed E-state index contributed by atoms with van der Waals surface area (Å²) in [6.45, 7) is -0.334. The number of hydrogen-bond donors (Lipinski definition) is 1. The number of carbonyl (C=O) groups excluding carboxylic acids is 1. The molecular formula is C18H16ClF4N3O5. The van der Waals surface area contributed by atoms with Crippen molar-refractivity contribution < 1.29 is 31.8 Å². The molecule has 8 nitrogen and oxygen atoms in total. The van der Waals surface area contributed by atoms with Gasteiger partial charge in [0.05, 0.1) is 17.8 Å². The summed E-state index contributed by atoms with van der Waals surface area (Å²) in [5.74, 6) is -1.71. The molecule has 0 unspecified atom stereocenters. The van der Waals surface area contributed by atoms with Gasteiger partial charge < -0.3 is 19.4 Å². The largest absolute Gasteiger partial charge is 0.497 e. The summed E-state index contributed by atoms with van der Waals surface area (Å²) in [6, 6.07) is 1.70. The van der Waals surface area contributed by atoms with Crippen LogP contribution in [0.1, 0.15) is 5.69 Å². The van der Waals surface area contributed by atoms with Gasteiger partial charge in [0.2, 0.25) is 5.91 Å². The zero-order valence-corrected chi connectivity index (χ0v) is 17.1. The van der Waals surface area contributed by atoms with E-state index in [0.29, 0.717) is 0 Å². The van der Waals surface area contributed by atoms with Crippen LogP contribution < -0.4 is 16.0 Å². The van der Waals surface area contributed by atoms with Gasteiger partial charge in [-0.3, -0.25) is 9.59 Å². The summed E-state index contributed by atoms with van der Waals surface area (Å²) >= 11 is 5.91. The van der Waals surface area contributed by atoms with Gasteiger partial charge >= 0.3 is 11.9 Å². The third-order valence-corrected chi connectivity index (χ3v) is 4.13. The summed E-state index contributed by atoms with van der Waals surface area (Å²) in [7, 11) is 4.29. The predicted molar refractivity (Wildman–Crippen MR) is 102 cm³/mol. The number of methoxy groups -OCH3 is 1. The van der Waals surface area contributed by atoms with Crippen LogP contribution >= 0.6 is 11.6 Å². The maximum atomic E-state index is 14.4. The molecule has 31 heavy (non-hydrogen) atoms. The molecule has 1 heterocycles. The molecule has 0 aliphatic rings. The van der Waals surface area contributed by atoms with Gasteiger partial charge in [-0.05, 0) is 6.07 Å². The first-order valence-electron chi connectivity index (χ1n) is 8.36. The average molecular weight is 466 g/mol. The molecule has 1 N–H and O–H groups in total. The van der Waals surface area contributed by atoms with Crippen molar-refractivity contribution in [1.29, 1.82) is 0 Å². The highest BCUT2D eigenvalue weighted by molar-refractivity contribution is 6.32. The SMILES string of the molecule is CO/C(=C\C(=O)N(C)C)COc1cc(-n2c(=O)cc(C(F)(F)F)[nH]c2=O)c(F)cc1Cl. The van der Waals surface area contributed by atoms with Crippen molar-refractivity contribution >= 4 is 17.5 Å². The monoisotopic (exact) mass is 465 g/mol. The second-order valence-electron chi connectivity index (χ2n) is 6.23. The molecule has 2 aromatic rings. The van der Waals surface area contributed by atoms with E-state index in [0.717, 1.165) is 18.2 Å². The van der Waals surface area contributed by atoms with E-state index in [1.807, 2.05) is 0 Å². The van der Waals surface area contributed by atoms with Gasteiger partial charge in [-0.25, -0.2) is 13.8 Å². The summed E-state index contributed by atoms with van der Waals surface area (Å²) < 4.78 is 63.2. The first kappa shape index (κ1) is 24.0. The van der Waals surface area contributed by atoms with E-state index in [1.165, 1.54) is 31.1 Å². The Hall–Kier alpha value is -3.28. The Balaban J connectivity index is 2.46. The van der Waals surface area contributed by atoms with Gasteiger partial charge in [-0.1, -0.05) is 11.6 Å². The smallest absolute Gasteiger partial charge is 0.431 e. The minimum Gasteiger partial charge on any atom is -0.497 e. The van der Waals surface area contributed by atoms with Crippen LogP contribution in [0.25, 0.3) is 5.69 Å². The van der Waals surface area contributed by atoms with Crippen LogP contribution in [-0.4, -0.2) is 48.2 Å². The first-order chi connectivity index (χ1) is 14.3. The van der Waals surface area contributed by atoms with Crippen LogP contribution in [0.4, 0.5) is 17.6 Å². The summed E-state index contributed by atoms with van der Waals surface area (Å²) in [4.78, 5) is 38.6. The lowest BCUT2D eigenvalue weighted by Gasteiger charge is -2.14. The molecule has 0 bridgehead atoms. The third-order valence-electron chi connectivity index (χ3n) is 3.84. The zero-order valence-electron chi connectivity index (χ0n) is 16.3. The normalized spacial score (nSPS) is 11.9. The fourth-order valence-corrected chi connectivity index (χ4v) is 2.46. The Morgan fingerprint density at radius 2 is 1.90 bits per heavy atom.